The number of ether oxygens (including phenoxy) is 2. The van der Waals surface area contributed by atoms with Gasteiger partial charge >= 0.3 is 11.9 Å². The van der Waals surface area contributed by atoms with Crippen LogP contribution in [0.1, 0.15) is 46.0 Å². The Labute approximate surface area is 100 Å². The number of esters is 2. The van der Waals surface area contributed by atoms with Crippen LogP contribution in [0.25, 0.3) is 0 Å². The fourth-order valence-corrected chi connectivity index (χ4v) is 1.70. The average molecular weight is 239 g/mol. The van der Waals surface area contributed by atoms with Crippen molar-refractivity contribution in [2.45, 2.75) is 27.7 Å². The molecule has 5 nitrogen and oxygen atoms in total. The molecule has 1 N–H and O–H groups in total. The van der Waals surface area contributed by atoms with Gasteiger partial charge in [-0.3, -0.25) is 0 Å². The predicted molar refractivity (Wildman–Crippen MR) is 62.2 cm³/mol. The van der Waals surface area contributed by atoms with Gasteiger partial charge in [0.05, 0.1) is 24.3 Å². The van der Waals surface area contributed by atoms with E-state index in [9.17, 15) is 9.59 Å². The number of aromatic amines is 1. The zero-order valence-electron chi connectivity index (χ0n) is 10.5. The van der Waals surface area contributed by atoms with Crippen molar-refractivity contribution in [2.24, 2.45) is 0 Å². The van der Waals surface area contributed by atoms with Gasteiger partial charge in [-0.2, -0.15) is 0 Å². The first kappa shape index (κ1) is 13.3. The normalized spacial score (nSPS) is 10.1. The number of hydrogen-bond donors (Lipinski definition) is 1. The third-order valence-corrected chi connectivity index (χ3v) is 2.33. The second kappa shape index (κ2) is 5.52. The summed E-state index contributed by atoms with van der Waals surface area (Å²) in [6.07, 6.45) is 0. The molecule has 0 amide bonds. The Morgan fingerprint density at radius 1 is 0.941 bits per heavy atom. The van der Waals surface area contributed by atoms with Crippen molar-refractivity contribution in [3.05, 3.63) is 22.5 Å². The van der Waals surface area contributed by atoms with Crippen molar-refractivity contribution in [1.82, 2.24) is 4.98 Å². The molecule has 0 aliphatic rings. The molecule has 0 radical (unpaired) electrons. The Morgan fingerprint density at radius 3 is 1.59 bits per heavy atom. The summed E-state index contributed by atoms with van der Waals surface area (Å²) in [6.45, 7) is 7.42. The van der Waals surface area contributed by atoms with Crippen LogP contribution in [0.15, 0.2) is 0 Å². The van der Waals surface area contributed by atoms with Crippen LogP contribution in [0.5, 0.6) is 0 Å². The van der Waals surface area contributed by atoms with Gasteiger partial charge < -0.3 is 14.5 Å². The molecule has 0 unspecified atom stereocenters. The van der Waals surface area contributed by atoms with Crippen molar-refractivity contribution >= 4 is 11.9 Å². The summed E-state index contributed by atoms with van der Waals surface area (Å²) >= 11 is 0. The molecule has 0 atom stereocenters. The van der Waals surface area contributed by atoms with Crippen molar-refractivity contribution in [2.75, 3.05) is 13.2 Å². The highest BCUT2D eigenvalue weighted by Gasteiger charge is 2.26. The standard InChI is InChI=1S/C12H17NO4/c1-5-16-11(14)9-7(3)13-8(4)10(9)12(15)17-6-2/h13H,5-6H2,1-4H3. The van der Waals surface area contributed by atoms with E-state index >= 15 is 0 Å². The van der Waals surface area contributed by atoms with E-state index in [4.69, 9.17) is 9.47 Å². The molecular weight excluding hydrogens is 222 g/mol. The number of rotatable bonds is 4. The SMILES string of the molecule is CCOC(=O)c1c(C)[nH]c(C)c1C(=O)OCC. The van der Waals surface area contributed by atoms with Crippen LogP contribution < -0.4 is 0 Å². The van der Waals surface area contributed by atoms with Gasteiger partial charge in [0, 0.05) is 11.4 Å². The van der Waals surface area contributed by atoms with Crippen LogP contribution in [0.4, 0.5) is 0 Å². The first-order valence-electron chi connectivity index (χ1n) is 5.56. The van der Waals surface area contributed by atoms with Crippen LogP contribution in [0.3, 0.4) is 0 Å². The van der Waals surface area contributed by atoms with Gasteiger partial charge in [-0.05, 0) is 27.7 Å². The first-order valence-corrected chi connectivity index (χ1v) is 5.56. The van der Waals surface area contributed by atoms with Crippen LogP contribution >= 0.6 is 0 Å². The molecule has 17 heavy (non-hydrogen) atoms. The van der Waals surface area contributed by atoms with E-state index in [1.54, 1.807) is 27.7 Å². The lowest BCUT2D eigenvalue weighted by Crippen LogP contribution is -2.13. The van der Waals surface area contributed by atoms with Crippen molar-refractivity contribution in [3.63, 3.8) is 0 Å². The molecule has 0 saturated heterocycles. The quantitative estimate of drug-likeness (QED) is 0.816. The minimum Gasteiger partial charge on any atom is -0.462 e. The van der Waals surface area contributed by atoms with E-state index in [0.29, 0.717) is 11.4 Å². The molecule has 5 heteroatoms. The summed E-state index contributed by atoms with van der Waals surface area (Å²) in [6, 6.07) is 0. The molecule has 0 spiro atoms. The Bertz CT molecular complexity index is 395. The Hall–Kier alpha value is -1.78. The first-order chi connectivity index (χ1) is 8.02. The van der Waals surface area contributed by atoms with Crippen LogP contribution in [0, 0.1) is 13.8 Å². The van der Waals surface area contributed by atoms with E-state index < -0.39 is 11.9 Å². The van der Waals surface area contributed by atoms with E-state index in [0.717, 1.165) is 0 Å². The largest absolute Gasteiger partial charge is 0.462 e. The average Bonchev–Trinajstić information content (AvgIpc) is 2.54. The second-order valence-electron chi connectivity index (χ2n) is 3.57. The lowest BCUT2D eigenvalue weighted by atomic mass is 10.1. The Kier molecular flexibility index (Phi) is 4.31. The van der Waals surface area contributed by atoms with Crippen LogP contribution in [-0.2, 0) is 9.47 Å². The smallest absolute Gasteiger partial charge is 0.340 e. The molecule has 0 aliphatic carbocycles. The van der Waals surface area contributed by atoms with Gasteiger partial charge in [0.2, 0.25) is 0 Å². The van der Waals surface area contributed by atoms with E-state index in [2.05, 4.69) is 4.98 Å². The van der Waals surface area contributed by atoms with Crippen molar-refractivity contribution in [3.8, 4) is 0 Å². The molecule has 1 aromatic rings. The summed E-state index contributed by atoms with van der Waals surface area (Å²) in [7, 11) is 0. The van der Waals surface area contributed by atoms with Gasteiger partial charge in [0.1, 0.15) is 0 Å². The van der Waals surface area contributed by atoms with Crippen molar-refractivity contribution in [1.29, 1.82) is 0 Å². The summed E-state index contributed by atoms with van der Waals surface area (Å²) in [5.74, 6) is -1.00. The van der Waals surface area contributed by atoms with Gasteiger partial charge in [0.25, 0.3) is 0 Å². The lowest BCUT2D eigenvalue weighted by molar-refractivity contribution is 0.0479. The monoisotopic (exact) mass is 239 g/mol. The van der Waals surface area contributed by atoms with E-state index in [1.807, 2.05) is 0 Å². The summed E-state index contributed by atoms with van der Waals surface area (Å²) in [4.78, 5) is 26.5. The van der Waals surface area contributed by atoms with Gasteiger partial charge in [-0.1, -0.05) is 0 Å². The molecule has 0 bridgehead atoms. The molecule has 1 aromatic heterocycles. The number of nitrogens with one attached hydrogen (secondary N) is 1. The van der Waals surface area contributed by atoms with E-state index in [1.165, 1.54) is 0 Å². The van der Waals surface area contributed by atoms with Crippen LogP contribution in [-0.4, -0.2) is 30.1 Å². The number of aromatic nitrogens is 1. The van der Waals surface area contributed by atoms with Gasteiger partial charge in [-0.15, -0.1) is 0 Å². The maximum Gasteiger partial charge on any atom is 0.340 e. The van der Waals surface area contributed by atoms with Gasteiger partial charge in [-0.25, -0.2) is 9.59 Å². The molecule has 1 rings (SSSR count). The third kappa shape index (κ3) is 2.67. The molecule has 1 heterocycles. The number of aryl methyl sites for hydroxylation is 2. The second-order valence-corrected chi connectivity index (χ2v) is 3.57. The molecule has 0 aromatic carbocycles. The lowest BCUT2D eigenvalue weighted by Gasteiger charge is -2.05. The summed E-state index contributed by atoms with van der Waals surface area (Å²) in [5.41, 5.74) is 1.76. The number of hydrogen-bond acceptors (Lipinski definition) is 4. The highest BCUT2D eigenvalue weighted by Crippen LogP contribution is 2.20. The maximum atomic E-state index is 11.8. The maximum absolute atomic E-state index is 11.8. The summed E-state index contributed by atoms with van der Waals surface area (Å²) < 4.78 is 9.85. The van der Waals surface area contributed by atoms with E-state index in [-0.39, 0.29) is 24.3 Å². The highest BCUT2D eigenvalue weighted by molar-refractivity contribution is 6.05. The zero-order valence-corrected chi connectivity index (χ0v) is 10.5. The summed E-state index contributed by atoms with van der Waals surface area (Å²) in [5, 5.41) is 0. The zero-order chi connectivity index (χ0) is 13.0. The minimum absolute atomic E-state index is 0.266. The number of H-pyrrole nitrogens is 1. The number of carbonyl (C=O) groups is 2. The molecule has 0 saturated carbocycles. The fourth-order valence-electron chi connectivity index (χ4n) is 1.70. The molecule has 94 valence electrons. The van der Waals surface area contributed by atoms with Gasteiger partial charge in [0.15, 0.2) is 0 Å². The number of carbonyl (C=O) groups excluding carboxylic acids is 2. The Morgan fingerprint density at radius 2 is 1.29 bits per heavy atom. The highest BCUT2D eigenvalue weighted by atomic mass is 16.5. The topological polar surface area (TPSA) is 68.4 Å². The molecular formula is C12H17NO4. The van der Waals surface area contributed by atoms with Crippen molar-refractivity contribution < 1.29 is 19.1 Å². The predicted octanol–water partition coefficient (Wildman–Crippen LogP) is 1.98. The minimum atomic E-state index is -0.502. The Balaban J connectivity index is 3.19. The molecule has 0 fully saturated rings. The third-order valence-electron chi connectivity index (χ3n) is 2.33. The molecule has 0 aliphatic heterocycles. The fraction of sp³-hybridized carbons (Fsp3) is 0.500. The van der Waals surface area contributed by atoms with Crippen LogP contribution in [0.2, 0.25) is 0 Å².